The molecular formula is C11H16N2O. The number of hydrogen-bond donors (Lipinski definition) is 0. The molecule has 1 heterocycles. The maximum Gasteiger partial charge on any atom is 0.206 e. The van der Waals surface area contributed by atoms with Crippen LogP contribution in [0.5, 0.6) is 0 Å². The summed E-state index contributed by atoms with van der Waals surface area (Å²) in [5.41, 5.74) is 2.16. The van der Waals surface area contributed by atoms with Crippen LogP contribution in [0.3, 0.4) is 0 Å². The number of allylic oxidation sites excluding steroid dienone is 1. The van der Waals surface area contributed by atoms with Crippen LogP contribution in [0, 0.1) is 0 Å². The molecule has 0 saturated carbocycles. The van der Waals surface area contributed by atoms with E-state index in [9.17, 15) is 4.79 Å². The Morgan fingerprint density at radius 2 is 2.21 bits per heavy atom. The zero-order chi connectivity index (χ0) is 10.7. The fraction of sp³-hybridized carbons (Fsp3) is 0.455. The van der Waals surface area contributed by atoms with Gasteiger partial charge in [0.25, 0.3) is 0 Å². The average molecular weight is 192 g/mol. The van der Waals surface area contributed by atoms with Crippen molar-refractivity contribution in [1.29, 1.82) is 0 Å². The molecule has 0 spiro atoms. The normalized spacial score (nSPS) is 10.2. The molecule has 0 aliphatic heterocycles. The van der Waals surface area contributed by atoms with E-state index < -0.39 is 0 Å². The van der Waals surface area contributed by atoms with Crippen molar-refractivity contribution in [2.45, 2.75) is 33.7 Å². The van der Waals surface area contributed by atoms with Gasteiger partial charge in [-0.3, -0.25) is 9.48 Å². The van der Waals surface area contributed by atoms with Gasteiger partial charge in [0.2, 0.25) is 5.78 Å². The van der Waals surface area contributed by atoms with Crippen LogP contribution in [-0.4, -0.2) is 15.6 Å². The maximum atomic E-state index is 11.7. The largest absolute Gasteiger partial charge is 0.287 e. The highest BCUT2D eigenvalue weighted by Gasteiger charge is 2.13. The lowest BCUT2D eigenvalue weighted by molar-refractivity contribution is 0.102. The molecule has 0 aromatic carbocycles. The van der Waals surface area contributed by atoms with E-state index >= 15 is 0 Å². The van der Waals surface area contributed by atoms with E-state index in [1.807, 2.05) is 19.9 Å². The molecule has 1 aromatic rings. The predicted octanol–water partition coefficient (Wildman–Crippen LogP) is 2.22. The topological polar surface area (TPSA) is 34.9 Å². The van der Waals surface area contributed by atoms with E-state index in [1.165, 1.54) is 0 Å². The van der Waals surface area contributed by atoms with Crippen molar-refractivity contribution in [3.63, 3.8) is 0 Å². The monoisotopic (exact) mass is 192 g/mol. The minimum atomic E-state index is -0.0148. The molecule has 0 N–H and O–H groups in total. The highest BCUT2D eigenvalue weighted by Crippen LogP contribution is 2.10. The van der Waals surface area contributed by atoms with Crippen LogP contribution < -0.4 is 0 Å². The number of aryl methyl sites for hydroxylation is 2. The summed E-state index contributed by atoms with van der Waals surface area (Å²) in [6, 6.07) is 1.85. The third-order valence-corrected chi connectivity index (χ3v) is 2.11. The van der Waals surface area contributed by atoms with E-state index in [2.05, 4.69) is 11.7 Å². The van der Waals surface area contributed by atoms with Crippen LogP contribution in [-0.2, 0) is 13.0 Å². The van der Waals surface area contributed by atoms with Gasteiger partial charge in [0.05, 0.1) is 5.69 Å². The highest BCUT2D eigenvalue weighted by molar-refractivity contribution is 6.06. The zero-order valence-corrected chi connectivity index (χ0v) is 9.00. The van der Waals surface area contributed by atoms with Crippen molar-refractivity contribution >= 4 is 5.78 Å². The van der Waals surface area contributed by atoms with Crippen molar-refractivity contribution in [2.75, 3.05) is 0 Å². The van der Waals surface area contributed by atoms with Crippen LogP contribution in [0.15, 0.2) is 18.2 Å². The van der Waals surface area contributed by atoms with Crippen LogP contribution in [0.4, 0.5) is 0 Å². The average Bonchev–Trinajstić information content (AvgIpc) is 2.59. The smallest absolute Gasteiger partial charge is 0.206 e. The van der Waals surface area contributed by atoms with Gasteiger partial charge in [-0.1, -0.05) is 13.5 Å². The van der Waals surface area contributed by atoms with Crippen molar-refractivity contribution in [3.8, 4) is 0 Å². The molecule has 0 aliphatic rings. The molecule has 1 aromatic heterocycles. The quantitative estimate of drug-likeness (QED) is 0.541. The van der Waals surface area contributed by atoms with Gasteiger partial charge in [-0.05, 0) is 31.9 Å². The third-order valence-electron chi connectivity index (χ3n) is 2.11. The Hall–Kier alpha value is -1.38. The van der Waals surface area contributed by atoms with E-state index in [-0.39, 0.29) is 5.78 Å². The van der Waals surface area contributed by atoms with Gasteiger partial charge < -0.3 is 0 Å². The lowest BCUT2D eigenvalue weighted by atomic mass is 10.1. The molecule has 3 nitrogen and oxygen atoms in total. The summed E-state index contributed by atoms with van der Waals surface area (Å²) < 4.78 is 1.73. The molecule has 0 atom stereocenters. The van der Waals surface area contributed by atoms with E-state index in [0.29, 0.717) is 17.8 Å². The van der Waals surface area contributed by atoms with Crippen molar-refractivity contribution in [3.05, 3.63) is 29.6 Å². The van der Waals surface area contributed by atoms with Gasteiger partial charge in [-0.2, -0.15) is 5.10 Å². The van der Waals surface area contributed by atoms with Crippen LogP contribution in [0.1, 0.15) is 37.0 Å². The van der Waals surface area contributed by atoms with Crippen molar-refractivity contribution in [1.82, 2.24) is 9.78 Å². The third kappa shape index (κ3) is 1.92. The van der Waals surface area contributed by atoms with E-state index in [1.54, 1.807) is 11.6 Å². The predicted molar refractivity (Wildman–Crippen MR) is 56.4 cm³/mol. The maximum absolute atomic E-state index is 11.7. The molecule has 0 radical (unpaired) electrons. The summed E-state index contributed by atoms with van der Waals surface area (Å²) in [7, 11) is 0. The summed E-state index contributed by atoms with van der Waals surface area (Å²) in [6.45, 7) is 10.1. The number of carbonyl (C=O) groups is 1. The molecule has 76 valence electrons. The first-order valence-corrected chi connectivity index (χ1v) is 4.87. The van der Waals surface area contributed by atoms with Gasteiger partial charge >= 0.3 is 0 Å². The highest BCUT2D eigenvalue weighted by atomic mass is 16.1. The van der Waals surface area contributed by atoms with Crippen molar-refractivity contribution in [2.24, 2.45) is 0 Å². The van der Waals surface area contributed by atoms with Gasteiger partial charge in [-0.15, -0.1) is 0 Å². The first kappa shape index (κ1) is 10.7. The SMILES string of the molecule is C=C(C)C(=O)c1cc(CC)nn1CC. The zero-order valence-electron chi connectivity index (χ0n) is 9.00. The minimum Gasteiger partial charge on any atom is -0.287 e. The summed E-state index contributed by atoms with van der Waals surface area (Å²) in [5, 5.41) is 4.31. The second kappa shape index (κ2) is 4.22. The molecule has 0 aliphatic carbocycles. The number of carbonyl (C=O) groups excluding carboxylic acids is 1. The number of rotatable bonds is 4. The summed E-state index contributed by atoms with van der Waals surface area (Å²) in [6.07, 6.45) is 0.851. The fourth-order valence-electron chi connectivity index (χ4n) is 1.29. The van der Waals surface area contributed by atoms with Crippen LogP contribution >= 0.6 is 0 Å². The Labute approximate surface area is 84.4 Å². The number of Topliss-reactive ketones (excluding diaryl/α,β-unsaturated/α-hetero) is 1. The molecule has 0 amide bonds. The Bertz CT molecular complexity index is 363. The second-order valence-corrected chi connectivity index (χ2v) is 3.30. The molecule has 0 unspecified atom stereocenters. The molecule has 0 saturated heterocycles. The Kier molecular flexibility index (Phi) is 3.23. The summed E-state index contributed by atoms with van der Waals surface area (Å²) >= 11 is 0. The standard InChI is InChI=1S/C11H16N2O/c1-5-9-7-10(11(14)8(3)4)13(6-2)12-9/h7H,3,5-6H2,1-2,4H3. The van der Waals surface area contributed by atoms with E-state index in [0.717, 1.165) is 12.1 Å². The molecular weight excluding hydrogens is 176 g/mol. The summed E-state index contributed by atoms with van der Waals surface area (Å²) in [4.78, 5) is 11.7. The fourth-order valence-corrected chi connectivity index (χ4v) is 1.29. The van der Waals surface area contributed by atoms with Crippen molar-refractivity contribution < 1.29 is 4.79 Å². The number of nitrogens with zero attached hydrogens (tertiary/aromatic N) is 2. The Morgan fingerprint density at radius 1 is 1.57 bits per heavy atom. The molecule has 3 heteroatoms. The number of ketones is 1. The van der Waals surface area contributed by atoms with Crippen LogP contribution in [0.25, 0.3) is 0 Å². The van der Waals surface area contributed by atoms with Gasteiger partial charge in [-0.25, -0.2) is 0 Å². The Morgan fingerprint density at radius 3 is 2.64 bits per heavy atom. The Balaban J connectivity index is 3.12. The number of aromatic nitrogens is 2. The lowest BCUT2D eigenvalue weighted by Gasteiger charge is -2.01. The second-order valence-electron chi connectivity index (χ2n) is 3.30. The lowest BCUT2D eigenvalue weighted by Crippen LogP contribution is -2.09. The van der Waals surface area contributed by atoms with Gasteiger partial charge in [0, 0.05) is 6.54 Å². The minimum absolute atomic E-state index is 0.0148. The number of hydrogen-bond acceptors (Lipinski definition) is 2. The van der Waals surface area contributed by atoms with Gasteiger partial charge in [0.1, 0.15) is 5.69 Å². The van der Waals surface area contributed by atoms with Gasteiger partial charge in [0.15, 0.2) is 0 Å². The molecule has 14 heavy (non-hydrogen) atoms. The molecule has 1 rings (SSSR count). The molecule has 0 fully saturated rings. The first-order valence-electron chi connectivity index (χ1n) is 4.87. The van der Waals surface area contributed by atoms with E-state index in [4.69, 9.17) is 0 Å². The molecule has 0 bridgehead atoms. The van der Waals surface area contributed by atoms with Crippen LogP contribution in [0.2, 0.25) is 0 Å². The first-order chi connectivity index (χ1) is 6.60. The summed E-state index contributed by atoms with van der Waals surface area (Å²) in [5.74, 6) is -0.0148.